The van der Waals surface area contributed by atoms with E-state index in [1.165, 1.54) is 0 Å². The molecule has 2 rings (SSSR count). The first-order valence-corrected chi connectivity index (χ1v) is 6.78. The zero-order valence-electron chi connectivity index (χ0n) is 9.93. The lowest BCUT2D eigenvalue weighted by Crippen LogP contribution is -2.37. The Morgan fingerprint density at radius 2 is 2.47 bits per heavy atom. The molecule has 0 aliphatic carbocycles. The summed E-state index contributed by atoms with van der Waals surface area (Å²) in [5.74, 6) is -0.0139. The second-order valence-corrected chi connectivity index (χ2v) is 5.03. The van der Waals surface area contributed by atoms with Gasteiger partial charge < -0.3 is 10.0 Å². The van der Waals surface area contributed by atoms with Crippen LogP contribution in [-0.2, 0) is 6.42 Å². The van der Waals surface area contributed by atoms with Crippen molar-refractivity contribution < 1.29 is 9.90 Å². The van der Waals surface area contributed by atoms with Gasteiger partial charge in [-0.1, -0.05) is 17.8 Å². The van der Waals surface area contributed by atoms with Crippen molar-refractivity contribution in [1.29, 1.82) is 0 Å². The fourth-order valence-electron chi connectivity index (χ4n) is 2.19. The molecule has 1 aromatic heterocycles. The van der Waals surface area contributed by atoms with E-state index < -0.39 is 0 Å². The lowest BCUT2D eigenvalue weighted by atomic mass is 10.2. The Balaban J connectivity index is 2.15. The fourth-order valence-corrected chi connectivity index (χ4v) is 2.86. The van der Waals surface area contributed by atoms with Gasteiger partial charge in [-0.05, 0) is 30.8 Å². The normalized spacial score (nSPS) is 19.9. The molecule has 1 atom stereocenters. The van der Waals surface area contributed by atoms with Gasteiger partial charge in [0.25, 0.3) is 5.91 Å². The highest BCUT2D eigenvalue weighted by atomic mass is 32.1. The van der Waals surface area contributed by atoms with Crippen LogP contribution in [-0.4, -0.2) is 44.7 Å². The topological polar surface area (TPSA) is 66.3 Å². The van der Waals surface area contributed by atoms with Gasteiger partial charge in [-0.25, -0.2) is 0 Å². The van der Waals surface area contributed by atoms with Crippen molar-refractivity contribution in [2.45, 2.75) is 38.6 Å². The summed E-state index contributed by atoms with van der Waals surface area (Å²) in [6, 6.07) is -0.0286. The maximum absolute atomic E-state index is 12.3. The zero-order valence-corrected chi connectivity index (χ0v) is 10.7. The van der Waals surface area contributed by atoms with Gasteiger partial charge >= 0.3 is 0 Å². The first-order valence-electron chi connectivity index (χ1n) is 6.01. The van der Waals surface area contributed by atoms with Crippen molar-refractivity contribution in [1.82, 2.24) is 14.5 Å². The number of amides is 1. The number of carbonyl (C=O) groups excluding carboxylic acids is 1. The molecule has 0 spiro atoms. The van der Waals surface area contributed by atoms with E-state index in [4.69, 9.17) is 0 Å². The first-order chi connectivity index (χ1) is 8.27. The quantitative estimate of drug-likeness (QED) is 0.874. The van der Waals surface area contributed by atoms with Gasteiger partial charge in [0.1, 0.15) is 4.88 Å². The summed E-state index contributed by atoms with van der Waals surface area (Å²) in [4.78, 5) is 14.7. The predicted octanol–water partition coefficient (Wildman–Crippen LogP) is 1.09. The van der Waals surface area contributed by atoms with Gasteiger partial charge in [0.15, 0.2) is 0 Å². The van der Waals surface area contributed by atoms with Crippen molar-refractivity contribution in [3.05, 3.63) is 10.6 Å². The van der Waals surface area contributed by atoms with Crippen molar-refractivity contribution in [2.24, 2.45) is 0 Å². The molecule has 5 nitrogen and oxygen atoms in total. The number of rotatable bonds is 4. The first kappa shape index (κ1) is 12.4. The summed E-state index contributed by atoms with van der Waals surface area (Å²) >= 11 is 1.16. The lowest BCUT2D eigenvalue weighted by Gasteiger charge is -2.22. The van der Waals surface area contributed by atoms with E-state index in [0.29, 0.717) is 4.88 Å². The average Bonchev–Trinajstić information content (AvgIpc) is 2.96. The summed E-state index contributed by atoms with van der Waals surface area (Å²) in [5, 5.41) is 13.2. The number of aromatic nitrogens is 2. The van der Waals surface area contributed by atoms with Crippen molar-refractivity contribution >= 4 is 17.4 Å². The molecular weight excluding hydrogens is 238 g/mol. The fraction of sp³-hybridized carbons (Fsp3) is 0.727. The molecule has 1 aromatic rings. The molecule has 2 heterocycles. The van der Waals surface area contributed by atoms with Crippen molar-refractivity contribution in [3.63, 3.8) is 0 Å². The van der Waals surface area contributed by atoms with Crippen LogP contribution in [0.1, 0.15) is 41.6 Å². The van der Waals surface area contributed by atoms with Crippen LogP contribution >= 0.6 is 11.5 Å². The molecule has 1 aliphatic heterocycles. The summed E-state index contributed by atoms with van der Waals surface area (Å²) < 4.78 is 3.87. The molecule has 1 fully saturated rings. The molecule has 0 saturated carbocycles. The minimum atomic E-state index is -0.0286. The Labute approximate surface area is 105 Å². The van der Waals surface area contributed by atoms with E-state index >= 15 is 0 Å². The third-order valence-corrected chi connectivity index (χ3v) is 3.84. The van der Waals surface area contributed by atoms with Crippen LogP contribution in [0.2, 0.25) is 0 Å². The molecule has 0 radical (unpaired) electrons. The third kappa shape index (κ3) is 2.47. The van der Waals surface area contributed by atoms with E-state index in [-0.39, 0.29) is 18.6 Å². The summed E-state index contributed by atoms with van der Waals surface area (Å²) in [5.41, 5.74) is 0.797. The summed E-state index contributed by atoms with van der Waals surface area (Å²) in [6.45, 7) is 2.83. The molecule has 0 bridgehead atoms. The van der Waals surface area contributed by atoms with Crippen LogP contribution in [0.4, 0.5) is 0 Å². The third-order valence-electron chi connectivity index (χ3n) is 3.09. The SMILES string of the molecule is CCCc1nnsc1C(=O)N1CCC[C@H]1CO. The van der Waals surface area contributed by atoms with Crippen LogP contribution in [0.15, 0.2) is 0 Å². The van der Waals surface area contributed by atoms with E-state index in [9.17, 15) is 9.90 Å². The van der Waals surface area contributed by atoms with Gasteiger partial charge in [-0.15, -0.1) is 5.10 Å². The Hall–Kier alpha value is -1.01. The molecule has 0 unspecified atom stereocenters. The van der Waals surface area contributed by atoms with Crippen molar-refractivity contribution in [3.8, 4) is 0 Å². The number of aryl methyl sites for hydroxylation is 1. The van der Waals surface area contributed by atoms with E-state index in [1.54, 1.807) is 4.90 Å². The number of aliphatic hydroxyl groups is 1. The number of aliphatic hydroxyl groups excluding tert-OH is 1. The van der Waals surface area contributed by atoms with Crippen LogP contribution in [0, 0.1) is 0 Å². The summed E-state index contributed by atoms with van der Waals surface area (Å²) in [7, 11) is 0. The van der Waals surface area contributed by atoms with Gasteiger partial charge in [0.05, 0.1) is 18.3 Å². The minimum Gasteiger partial charge on any atom is -0.394 e. The number of nitrogens with zero attached hydrogens (tertiary/aromatic N) is 3. The second-order valence-electron chi connectivity index (χ2n) is 4.28. The van der Waals surface area contributed by atoms with Gasteiger partial charge in [-0.2, -0.15) is 0 Å². The minimum absolute atomic E-state index is 0.0139. The van der Waals surface area contributed by atoms with E-state index in [2.05, 4.69) is 16.5 Å². The number of likely N-dealkylation sites (tertiary alicyclic amines) is 1. The monoisotopic (exact) mass is 255 g/mol. The average molecular weight is 255 g/mol. The number of hydrogen-bond acceptors (Lipinski definition) is 5. The molecule has 6 heteroatoms. The Kier molecular flexibility index (Phi) is 4.06. The molecule has 0 aromatic carbocycles. The Morgan fingerprint density at radius 3 is 3.18 bits per heavy atom. The van der Waals surface area contributed by atoms with Gasteiger partial charge in [0, 0.05) is 6.54 Å². The van der Waals surface area contributed by atoms with Crippen LogP contribution < -0.4 is 0 Å². The zero-order chi connectivity index (χ0) is 12.3. The molecular formula is C11H17N3O2S. The smallest absolute Gasteiger partial charge is 0.267 e. The lowest BCUT2D eigenvalue weighted by molar-refractivity contribution is 0.0681. The number of carbonyl (C=O) groups is 1. The standard InChI is InChI=1S/C11H17N3O2S/c1-2-4-9-10(17-13-12-9)11(16)14-6-3-5-8(14)7-15/h8,15H,2-7H2,1H3/t8-/m0/s1. The summed E-state index contributed by atoms with van der Waals surface area (Å²) in [6.07, 6.45) is 3.59. The van der Waals surface area contributed by atoms with E-state index in [1.807, 2.05) is 0 Å². The van der Waals surface area contributed by atoms with Crippen LogP contribution in [0.3, 0.4) is 0 Å². The van der Waals surface area contributed by atoms with Gasteiger partial charge in [0.2, 0.25) is 0 Å². The molecule has 1 N–H and O–H groups in total. The predicted molar refractivity (Wildman–Crippen MR) is 65.0 cm³/mol. The molecule has 1 amide bonds. The van der Waals surface area contributed by atoms with Gasteiger partial charge in [-0.3, -0.25) is 4.79 Å². The molecule has 94 valence electrons. The Bertz CT molecular complexity index is 394. The maximum atomic E-state index is 12.3. The van der Waals surface area contributed by atoms with Crippen LogP contribution in [0.5, 0.6) is 0 Å². The highest BCUT2D eigenvalue weighted by molar-refractivity contribution is 7.08. The second kappa shape index (κ2) is 5.55. The maximum Gasteiger partial charge on any atom is 0.267 e. The van der Waals surface area contributed by atoms with Crippen LogP contribution in [0.25, 0.3) is 0 Å². The largest absolute Gasteiger partial charge is 0.394 e. The van der Waals surface area contributed by atoms with Crippen molar-refractivity contribution in [2.75, 3.05) is 13.2 Å². The molecule has 17 heavy (non-hydrogen) atoms. The van der Waals surface area contributed by atoms with E-state index in [0.717, 1.165) is 49.5 Å². The highest BCUT2D eigenvalue weighted by Gasteiger charge is 2.31. The highest BCUT2D eigenvalue weighted by Crippen LogP contribution is 2.22. The molecule has 1 aliphatic rings. The molecule has 1 saturated heterocycles. The number of hydrogen-bond donors (Lipinski definition) is 1. The Morgan fingerprint density at radius 1 is 1.65 bits per heavy atom.